The Labute approximate surface area is 155 Å². The van der Waals surface area contributed by atoms with Crippen LogP contribution in [0.3, 0.4) is 0 Å². The smallest absolute Gasteiger partial charge is 0.280 e. The normalized spacial score (nSPS) is 24.4. The number of carbonyl (C=O) groups is 1. The summed E-state index contributed by atoms with van der Waals surface area (Å²) in [6.07, 6.45) is 5.12. The van der Waals surface area contributed by atoms with Crippen LogP contribution in [-0.2, 0) is 0 Å². The number of nitriles is 1. The molecule has 128 valence electrons. The summed E-state index contributed by atoms with van der Waals surface area (Å²) < 4.78 is 0. The average Bonchev–Trinajstić information content (AvgIpc) is 3.26. The molecule has 2 aromatic rings. The second-order valence-electron chi connectivity index (χ2n) is 6.57. The Morgan fingerprint density at radius 1 is 1.48 bits per heavy atom. The lowest BCUT2D eigenvalue weighted by Gasteiger charge is -2.21. The molecule has 0 aliphatic carbocycles. The first kappa shape index (κ1) is 16.4. The van der Waals surface area contributed by atoms with Gasteiger partial charge in [-0.05, 0) is 43.9 Å². The molecule has 1 N–H and O–H groups in total. The fraction of sp³-hybridized carbons (Fsp3) is 0.389. The maximum atomic E-state index is 12.6. The highest BCUT2D eigenvalue weighted by Gasteiger charge is 2.46. The van der Waals surface area contributed by atoms with Crippen molar-refractivity contribution in [3.63, 3.8) is 0 Å². The van der Waals surface area contributed by atoms with Crippen LogP contribution in [0.2, 0.25) is 5.02 Å². The van der Waals surface area contributed by atoms with Crippen molar-refractivity contribution in [2.24, 2.45) is 0 Å². The summed E-state index contributed by atoms with van der Waals surface area (Å²) in [5.74, 6) is -0.156. The molecule has 2 saturated heterocycles. The average molecular weight is 373 g/mol. The van der Waals surface area contributed by atoms with E-state index in [1.54, 1.807) is 0 Å². The Balaban J connectivity index is 1.52. The molecule has 1 amide bonds. The van der Waals surface area contributed by atoms with Gasteiger partial charge in [0.1, 0.15) is 0 Å². The van der Waals surface area contributed by atoms with Crippen LogP contribution < -0.4 is 5.32 Å². The predicted octanol–water partition coefficient (Wildman–Crippen LogP) is 3.59. The van der Waals surface area contributed by atoms with Crippen LogP contribution in [0.15, 0.2) is 24.3 Å². The highest BCUT2D eigenvalue weighted by molar-refractivity contribution is 7.17. The summed E-state index contributed by atoms with van der Waals surface area (Å²) in [5, 5.41) is 13.4. The molecule has 0 saturated carbocycles. The zero-order valence-corrected chi connectivity index (χ0v) is 15.3. The molecule has 2 aliphatic heterocycles. The van der Waals surface area contributed by atoms with Crippen molar-refractivity contribution in [2.45, 2.75) is 44.3 Å². The van der Waals surface area contributed by atoms with Gasteiger partial charge in [-0.3, -0.25) is 4.79 Å². The number of aromatic nitrogens is 1. The van der Waals surface area contributed by atoms with Crippen LogP contribution in [-0.4, -0.2) is 33.9 Å². The number of fused-ring (bicyclic) bond motifs is 2. The lowest BCUT2D eigenvalue weighted by Crippen LogP contribution is -2.43. The van der Waals surface area contributed by atoms with Gasteiger partial charge in [-0.1, -0.05) is 23.7 Å². The Morgan fingerprint density at radius 3 is 3.04 bits per heavy atom. The molecule has 1 aromatic heterocycles. The zero-order chi connectivity index (χ0) is 17.6. The quantitative estimate of drug-likeness (QED) is 0.836. The second kappa shape index (κ2) is 6.32. The van der Waals surface area contributed by atoms with E-state index in [-0.39, 0.29) is 24.0 Å². The van der Waals surface area contributed by atoms with E-state index in [4.69, 9.17) is 11.6 Å². The van der Waals surface area contributed by atoms with E-state index >= 15 is 0 Å². The Kier molecular flexibility index (Phi) is 4.14. The fourth-order valence-corrected chi connectivity index (χ4v) is 5.08. The maximum Gasteiger partial charge on any atom is 0.280 e. The van der Waals surface area contributed by atoms with Crippen LogP contribution in [0, 0.1) is 18.4 Å². The largest absolute Gasteiger partial charge is 0.345 e. The number of thiazole rings is 1. The first-order valence-electron chi connectivity index (χ1n) is 8.29. The number of halogens is 1. The molecule has 25 heavy (non-hydrogen) atoms. The van der Waals surface area contributed by atoms with Crippen molar-refractivity contribution < 1.29 is 4.79 Å². The third-order valence-electron chi connectivity index (χ3n) is 5.05. The number of nitrogens with zero attached hydrogens (tertiary/aromatic N) is 3. The summed E-state index contributed by atoms with van der Waals surface area (Å²) in [5.41, 5.74) is 1.79. The standard InChI is InChI=1S/C18H17ClN4OS/c1-10-16(11-3-2-4-12(19)7-11)25-18(21-10)17(24)22-14-8-13-5-6-15(14)23(13)9-20/h2-4,7,13-15H,5-6,8H2,1H3,(H,22,24)/t13-,14+,15+/m0/s1. The van der Waals surface area contributed by atoms with Crippen molar-refractivity contribution in [1.29, 1.82) is 5.26 Å². The first-order chi connectivity index (χ1) is 12.1. The van der Waals surface area contributed by atoms with E-state index in [0.717, 1.165) is 35.4 Å². The molecule has 4 rings (SSSR count). The van der Waals surface area contributed by atoms with Gasteiger partial charge in [0.2, 0.25) is 0 Å². The third kappa shape index (κ3) is 2.88. The molecule has 0 spiro atoms. The van der Waals surface area contributed by atoms with Crippen molar-refractivity contribution in [3.05, 3.63) is 40.0 Å². The van der Waals surface area contributed by atoms with Gasteiger partial charge < -0.3 is 10.2 Å². The summed E-state index contributed by atoms with van der Waals surface area (Å²) in [7, 11) is 0. The first-order valence-corrected chi connectivity index (χ1v) is 9.48. The lowest BCUT2D eigenvalue weighted by atomic mass is 9.95. The van der Waals surface area contributed by atoms with Gasteiger partial charge in [-0.15, -0.1) is 11.3 Å². The van der Waals surface area contributed by atoms with Gasteiger partial charge in [0, 0.05) is 11.1 Å². The van der Waals surface area contributed by atoms with Gasteiger partial charge in [-0.2, -0.15) is 5.26 Å². The second-order valence-corrected chi connectivity index (χ2v) is 8.00. The molecule has 3 heterocycles. The molecule has 3 atom stereocenters. The topological polar surface area (TPSA) is 69.0 Å². The fourth-order valence-electron chi connectivity index (χ4n) is 3.92. The van der Waals surface area contributed by atoms with Crippen molar-refractivity contribution in [2.75, 3.05) is 0 Å². The van der Waals surface area contributed by atoms with Gasteiger partial charge in [-0.25, -0.2) is 4.98 Å². The minimum Gasteiger partial charge on any atom is -0.345 e. The molecule has 1 aromatic carbocycles. The minimum absolute atomic E-state index is 0.0322. The SMILES string of the molecule is Cc1nc(C(=O)N[C@@H]2C[C@@H]3CC[C@H]2N3C#N)sc1-c1cccc(Cl)c1. The lowest BCUT2D eigenvalue weighted by molar-refractivity contribution is 0.0928. The number of hydrogen-bond donors (Lipinski definition) is 1. The number of amides is 1. The van der Waals surface area contributed by atoms with E-state index in [2.05, 4.69) is 16.5 Å². The van der Waals surface area contributed by atoms with E-state index in [9.17, 15) is 10.1 Å². The molecule has 2 bridgehead atoms. The maximum absolute atomic E-state index is 12.6. The molecule has 7 heteroatoms. The predicted molar refractivity (Wildman–Crippen MR) is 97.4 cm³/mol. The summed E-state index contributed by atoms with van der Waals surface area (Å²) in [6.45, 7) is 1.90. The molecular formula is C18H17ClN4OS. The number of benzene rings is 1. The van der Waals surface area contributed by atoms with Crippen LogP contribution >= 0.6 is 22.9 Å². The minimum atomic E-state index is -0.156. The Morgan fingerprint density at radius 2 is 2.32 bits per heavy atom. The summed E-state index contributed by atoms with van der Waals surface area (Å²) in [4.78, 5) is 19.9. The van der Waals surface area contributed by atoms with Crippen LogP contribution in [0.25, 0.3) is 10.4 Å². The van der Waals surface area contributed by atoms with Gasteiger partial charge in [0.15, 0.2) is 11.2 Å². The van der Waals surface area contributed by atoms with Crippen molar-refractivity contribution in [3.8, 4) is 16.6 Å². The monoisotopic (exact) mass is 372 g/mol. The molecule has 0 radical (unpaired) electrons. The Bertz CT molecular complexity index is 874. The van der Waals surface area contributed by atoms with E-state index in [1.165, 1.54) is 11.3 Å². The number of aryl methyl sites for hydroxylation is 1. The van der Waals surface area contributed by atoms with Gasteiger partial charge >= 0.3 is 0 Å². The molecule has 0 unspecified atom stereocenters. The van der Waals surface area contributed by atoms with Crippen LogP contribution in [0.4, 0.5) is 0 Å². The van der Waals surface area contributed by atoms with E-state index in [0.29, 0.717) is 10.0 Å². The third-order valence-corrected chi connectivity index (χ3v) is 6.49. The number of rotatable bonds is 3. The van der Waals surface area contributed by atoms with E-state index < -0.39 is 0 Å². The molecular weight excluding hydrogens is 356 g/mol. The van der Waals surface area contributed by atoms with Crippen molar-refractivity contribution in [1.82, 2.24) is 15.2 Å². The van der Waals surface area contributed by atoms with Crippen LogP contribution in [0.5, 0.6) is 0 Å². The van der Waals surface area contributed by atoms with E-state index in [1.807, 2.05) is 36.1 Å². The summed E-state index contributed by atoms with van der Waals surface area (Å²) in [6, 6.07) is 8.00. The van der Waals surface area contributed by atoms with Gasteiger partial charge in [0.05, 0.1) is 22.7 Å². The number of carbonyl (C=O) groups excluding carboxylic acids is 1. The number of hydrogen-bond acceptors (Lipinski definition) is 5. The van der Waals surface area contributed by atoms with Crippen molar-refractivity contribution >= 4 is 28.8 Å². The highest BCUT2D eigenvalue weighted by atomic mass is 35.5. The summed E-state index contributed by atoms with van der Waals surface area (Å²) >= 11 is 7.45. The molecule has 5 nitrogen and oxygen atoms in total. The zero-order valence-electron chi connectivity index (χ0n) is 13.7. The number of nitrogens with one attached hydrogen (secondary N) is 1. The van der Waals surface area contributed by atoms with Gasteiger partial charge in [0.25, 0.3) is 5.91 Å². The highest BCUT2D eigenvalue weighted by Crippen LogP contribution is 2.37. The molecule has 2 fully saturated rings. The van der Waals surface area contributed by atoms with Crippen LogP contribution in [0.1, 0.15) is 34.8 Å². The molecule has 2 aliphatic rings. The Hall–Kier alpha value is -2.10.